The Morgan fingerprint density at radius 2 is 2.27 bits per heavy atom. The Morgan fingerprint density at radius 3 is 3.09 bits per heavy atom. The molecule has 0 saturated heterocycles. The number of nitrogens with zero attached hydrogens (tertiary/aromatic N) is 4. The minimum Gasteiger partial charge on any atom is -0.369 e. The average molecular weight is 149 g/mol. The monoisotopic (exact) mass is 149 g/mol. The third kappa shape index (κ3) is 0.813. The molecule has 0 aliphatic carbocycles. The smallest absolute Gasteiger partial charge is 0.201 e. The van der Waals surface area contributed by atoms with Gasteiger partial charge in [0.05, 0.1) is 0 Å². The minimum absolute atomic E-state index is 0.443. The Labute approximate surface area is 63.3 Å². The third-order valence-corrected chi connectivity index (χ3v) is 1.50. The molecule has 0 aromatic rings. The molecule has 2 rings (SSSR count). The summed E-state index contributed by atoms with van der Waals surface area (Å²) in [5, 5.41) is 0. The van der Waals surface area contributed by atoms with Crippen molar-refractivity contribution >= 4 is 5.95 Å². The topological polar surface area (TPSA) is 69.6 Å². The summed E-state index contributed by atoms with van der Waals surface area (Å²) in [6.07, 6.45) is 3.27. The lowest BCUT2D eigenvalue weighted by atomic mass is 10.4. The van der Waals surface area contributed by atoms with Gasteiger partial charge >= 0.3 is 0 Å². The Balaban J connectivity index is 2.77. The number of hydrogen-bond acceptors (Lipinski definition) is 4. The third-order valence-electron chi connectivity index (χ3n) is 1.50. The number of nitrogen functional groups attached to an aromatic ring is 1. The van der Waals surface area contributed by atoms with Crippen molar-refractivity contribution in [1.82, 2.24) is 19.5 Å². The molecule has 2 aliphatic rings. The van der Waals surface area contributed by atoms with Crippen molar-refractivity contribution in [3.63, 3.8) is 0 Å². The first-order valence-electron chi connectivity index (χ1n) is 3.17. The minimum atomic E-state index is 0.443. The average Bonchev–Trinajstić information content (AvgIpc) is 2.36. The molecular formula is C6H7N5. The van der Waals surface area contributed by atoms with E-state index in [1.54, 1.807) is 10.8 Å². The van der Waals surface area contributed by atoms with Gasteiger partial charge in [0.2, 0.25) is 5.95 Å². The SMILES string of the molecule is Cn1cc2ncnc-2nc1N. The fourth-order valence-electron chi connectivity index (χ4n) is 0.884. The van der Waals surface area contributed by atoms with Crippen LogP contribution in [0.5, 0.6) is 0 Å². The molecule has 2 heterocycles. The summed E-state index contributed by atoms with van der Waals surface area (Å²) in [6.45, 7) is 0. The van der Waals surface area contributed by atoms with Gasteiger partial charge < -0.3 is 10.3 Å². The quantitative estimate of drug-likeness (QED) is 0.567. The molecule has 0 radical (unpaired) electrons. The van der Waals surface area contributed by atoms with Crippen LogP contribution in [0.3, 0.4) is 0 Å². The lowest BCUT2D eigenvalue weighted by molar-refractivity contribution is 0.878. The van der Waals surface area contributed by atoms with E-state index in [1.807, 2.05) is 7.05 Å². The zero-order chi connectivity index (χ0) is 7.84. The number of aryl methyl sites for hydroxylation is 1. The van der Waals surface area contributed by atoms with E-state index in [9.17, 15) is 0 Å². The van der Waals surface area contributed by atoms with Crippen molar-refractivity contribution in [2.75, 3.05) is 5.73 Å². The molecular weight excluding hydrogens is 142 g/mol. The van der Waals surface area contributed by atoms with Crippen molar-refractivity contribution in [1.29, 1.82) is 0 Å². The van der Waals surface area contributed by atoms with Gasteiger partial charge in [0.25, 0.3) is 0 Å². The van der Waals surface area contributed by atoms with E-state index in [0.29, 0.717) is 11.8 Å². The molecule has 5 heteroatoms. The number of nitrogens with two attached hydrogens (primary N) is 1. The maximum absolute atomic E-state index is 5.53. The van der Waals surface area contributed by atoms with E-state index >= 15 is 0 Å². The van der Waals surface area contributed by atoms with Crippen LogP contribution in [0.15, 0.2) is 12.5 Å². The Kier molecular flexibility index (Phi) is 1.06. The van der Waals surface area contributed by atoms with Crippen LogP contribution < -0.4 is 5.73 Å². The van der Waals surface area contributed by atoms with Crippen LogP contribution in [0.25, 0.3) is 11.5 Å². The molecule has 2 aliphatic heterocycles. The first-order chi connectivity index (χ1) is 5.27. The fraction of sp³-hybridized carbons (Fsp3) is 0.167. The molecule has 0 atom stereocenters. The molecule has 0 spiro atoms. The Bertz CT molecular complexity index is 319. The summed E-state index contributed by atoms with van der Waals surface area (Å²) in [5.41, 5.74) is 6.29. The highest BCUT2D eigenvalue weighted by Gasteiger charge is 2.07. The van der Waals surface area contributed by atoms with Crippen LogP contribution in [0.1, 0.15) is 0 Å². The predicted octanol–water partition coefficient (Wildman–Crippen LogP) is -0.103. The largest absolute Gasteiger partial charge is 0.369 e. The number of fused-ring (bicyclic) bond motifs is 1. The second kappa shape index (κ2) is 1.91. The normalized spacial score (nSPS) is 10.6. The molecule has 0 fully saturated rings. The van der Waals surface area contributed by atoms with Crippen molar-refractivity contribution in [3.8, 4) is 11.5 Å². The predicted molar refractivity (Wildman–Crippen MR) is 39.8 cm³/mol. The van der Waals surface area contributed by atoms with Gasteiger partial charge in [0.1, 0.15) is 12.0 Å². The van der Waals surface area contributed by atoms with E-state index < -0.39 is 0 Å². The Hall–Kier alpha value is -1.65. The van der Waals surface area contributed by atoms with Gasteiger partial charge in [0, 0.05) is 13.2 Å². The van der Waals surface area contributed by atoms with Gasteiger partial charge in [-0.25, -0.2) is 9.97 Å². The molecule has 0 unspecified atom stereocenters. The zero-order valence-electron chi connectivity index (χ0n) is 6.02. The van der Waals surface area contributed by atoms with Crippen LogP contribution in [0.4, 0.5) is 5.95 Å². The van der Waals surface area contributed by atoms with Gasteiger partial charge in [-0.15, -0.1) is 0 Å². The van der Waals surface area contributed by atoms with E-state index in [1.165, 1.54) is 6.33 Å². The summed E-state index contributed by atoms with van der Waals surface area (Å²) in [7, 11) is 1.82. The van der Waals surface area contributed by atoms with Gasteiger partial charge in [-0.1, -0.05) is 0 Å². The van der Waals surface area contributed by atoms with Gasteiger partial charge in [-0.2, -0.15) is 4.98 Å². The van der Waals surface area contributed by atoms with Crippen molar-refractivity contribution in [2.45, 2.75) is 0 Å². The van der Waals surface area contributed by atoms with E-state index in [2.05, 4.69) is 15.0 Å². The summed E-state index contributed by atoms with van der Waals surface area (Å²) in [5.74, 6) is 1.04. The van der Waals surface area contributed by atoms with Crippen LogP contribution >= 0.6 is 0 Å². The van der Waals surface area contributed by atoms with Crippen LogP contribution in [-0.4, -0.2) is 19.5 Å². The molecule has 0 amide bonds. The second-order valence-electron chi connectivity index (χ2n) is 2.29. The lowest BCUT2D eigenvalue weighted by Crippen LogP contribution is -2.05. The van der Waals surface area contributed by atoms with Gasteiger partial charge in [0.15, 0.2) is 5.82 Å². The number of anilines is 1. The molecule has 2 N–H and O–H groups in total. The zero-order valence-corrected chi connectivity index (χ0v) is 6.02. The summed E-state index contributed by atoms with van der Waals surface area (Å²) in [6, 6.07) is 0. The fourth-order valence-corrected chi connectivity index (χ4v) is 0.884. The van der Waals surface area contributed by atoms with Gasteiger partial charge in [-0.3, -0.25) is 0 Å². The summed E-state index contributed by atoms with van der Waals surface area (Å²) < 4.78 is 1.71. The molecule has 11 heavy (non-hydrogen) atoms. The summed E-state index contributed by atoms with van der Waals surface area (Å²) >= 11 is 0. The molecule has 0 aromatic carbocycles. The molecule has 56 valence electrons. The van der Waals surface area contributed by atoms with E-state index in [4.69, 9.17) is 5.73 Å². The van der Waals surface area contributed by atoms with Crippen molar-refractivity contribution in [2.24, 2.45) is 7.05 Å². The van der Waals surface area contributed by atoms with Crippen molar-refractivity contribution < 1.29 is 0 Å². The highest BCUT2D eigenvalue weighted by atomic mass is 15.1. The van der Waals surface area contributed by atoms with E-state index in [-0.39, 0.29) is 0 Å². The highest BCUT2D eigenvalue weighted by Crippen LogP contribution is 2.13. The maximum atomic E-state index is 5.53. The first kappa shape index (κ1) is 6.09. The van der Waals surface area contributed by atoms with Crippen LogP contribution in [-0.2, 0) is 7.05 Å². The maximum Gasteiger partial charge on any atom is 0.201 e. The summed E-state index contributed by atoms with van der Waals surface area (Å²) in [4.78, 5) is 11.9. The standard InChI is InChI=1S/C6H7N5/c1-11-2-4-5(9-3-8-4)10-6(11)7/h2-3H,1H3,(H2,7,8,9,10). The first-order valence-corrected chi connectivity index (χ1v) is 3.17. The molecule has 0 saturated carbocycles. The number of imidazole rings is 1. The Morgan fingerprint density at radius 1 is 1.45 bits per heavy atom. The number of rotatable bonds is 0. The molecule has 5 nitrogen and oxygen atoms in total. The highest BCUT2D eigenvalue weighted by molar-refractivity contribution is 5.51. The van der Waals surface area contributed by atoms with Crippen LogP contribution in [0, 0.1) is 0 Å². The van der Waals surface area contributed by atoms with Gasteiger partial charge in [-0.05, 0) is 0 Å². The van der Waals surface area contributed by atoms with Crippen molar-refractivity contribution in [3.05, 3.63) is 12.5 Å². The van der Waals surface area contributed by atoms with Crippen LogP contribution in [0.2, 0.25) is 0 Å². The second-order valence-corrected chi connectivity index (χ2v) is 2.29. The molecule has 0 aromatic heterocycles. The lowest BCUT2D eigenvalue weighted by Gasteiger charge is -2.03. The van der Waals surface area contributed by atoms with E-state index in [0.717, 1.165) is 5.69 Å². The molecule has 0 bridgehead atoms. The number of hydrogen-bond donors (Lipinski definition) is 1. The number of aromatic nitrogens is 4.